The lowest BCUT2D eigenvalue weighted by Crippen LogP contribution is -2.50. The number of ether oxygens (including phenoxy) is 1. The number of nitriles is 1. The highest BCUT2D eigenvalue weighted by Crippen LogP contribution is 2.33. The van der Waals surface area contributed by atoms with E-state index in [1.807, 2.05) is 0 Å². The number of thioether (sulfide) groups is 1. The van der Waals surface area contributed by atoms with Gasteiger partial charge >= 0.3 is 0 Å². The summed E-state index contributed by atoms with van der Waals surface area (Å²) in [4.78, 5) is 17.0. The molecule has 1 amide bonds. The number of piperidine rings is 1. The van der Waals surface area contributed by atoms with Gasteiger partial charge in [0.05, 0.1) is 24.5 Å². The summed E-state index contributed by atoms with van der Waals surface area (Å²) in [6.45, 7) is 3.54. The van der Waals surface area contributed by atoms with Crippen LogP contribution in [0.2, 0.25) is 0 Å². The quantitative estimate of drug-likeness (QED) is 0.594. The van der Waals surface area contributed by atoms with Gasteiger partial charge in [0.1, 0.15) is 5.54 Å². The van der Waals surface area contributed by atoms with Crippen molar-refractivity contribution in [3.8, 4) is 6.07 Å². The van der Waals surface area contributed by atoms with E-state index in [1.54, 1.807) is 11.9 Å². The summed E-state index contributed by atoms with van der Waals surface area (Å²) in [6, 6.07) is 2.44. The molecule has 3 heterocycles. The summed E-state index contributed by atoms with van der Waals surface area (Å²) < 4.78 is 8.03. The monoisotopic (exact) mass is 446 g/mol. The Morgan fingerprint density at radius 2 is 1.94 bits per heavy atom. The Labute approximate surface area is 189 Å². The number of rotatable bonds is 7. The lowest BCUT2D eigenvalue weighted by atomic mass is 9.81. The van der Waals surface area contributed by atoms with Crippen LogP contribution in [0.25, 0.3) is 0 Å². The molecular weight excluding hydrogens is 412 g/mol. The fourth-order valence-corrected chi connectivity index (χ4v) is 5.84. The third-order valence-electron chi connectivity index (χ3n) is 6.98. The lowest BCUT2D eigenvalue weighted by molar-refractivity contribution is -0.131. The molecule has 0 spiro atoms. The Bertz CT molecular complexity index is 788. The Balaban J connectivity index is 1.46. The molecule has 2 saturated heterocycles. The van der Waals surface area contributed by atoms with Crippen molar-refractivity contribution in [3.63, 3.8) is 0 Å². The average molecular weight is 447 g/mol. The van der Waals surface area contributed by atoms with E-state index in [1.165, 1.54) is 31.0 Å². The molecule has 0 bridgehead atoms. The van der Waals surface area contributed by atoms with E-state index in [9.17, 15) is 10.1 Å². The molecule has 31 heavy (non-hydrogen) atoms. The minimum absolute atomic E-state index is 0.0142. The maximum atomic E-state index is 13.0. The molecular formula is C22H34N6O2S. The Morgan fingerprint density at radius 1 is 1.19 bits per heavy atom. The summed E-state index contributed by atoms with van der Waals surface area (Å²) in [5.74, 6) is 1.16. The Hall–Kier alpha value is -1.79. The number of carbonyl (C=O) groups excluding carboxylic acids is 1. The van der Waals surface area contributed by atoms with Crippen LogP contribution >= 0.6 is 11.8 Å². The zero-order valence-electron chi connectivity index (χ0n) is 18.6. The zero-order valence-corrected chi connectivity index (χ0v) is 19.4. The smallest absolute Gasteiger partial charge is 0.234 e. The molecule has 1 atom stereocenters. The second-order valence-corrected chi connectivity index (χ2v) is 9.96. The molecule has 1 unspecified atom stereocenters. The molecule has 170 valence electrons. The normalized spacial score (nSPS) is 23.5. The van der Waals surface area contributed by atoms with E-state index in [2.05, 4.69) is 25.7 Å². The summed E-state index contributed by atoms with van der Waals surface area (Å²) in [6.07, 6.45) is 10.6. The van der Waals surface area contributed by atoms with Crippen LogP contribution in [0.3, 0.4) is 0 Å². The average Bonchev–Trinajstić information content (AvgIpc) is 3.48. The molecule has 3 aliphatic rings. The fraction of sp³-hybridized carbons (Fsp3) is 0.818. The number of amides is 1. The van der Waals surface area contributed by atoms with Crippen LogP contribution in [0, 0.1) is 11.3 Å². The van der Waals surface area contributed by atoms with Gasteiger partial charge in [0, 0.05) is 26.7 Å². The Kier molecular flexibility index (Phi) is 7.39. The van der Waals surface area contributed by atoms with Gasteiger partial charge in [0.25, 0.3) is 0 Å². The van der Waals surface area contributed by atoms with Gasteiger partial charge in [0.2, 0.25) is 11.9 Å². The molecule has 2 aliphatic heterocycles. The first-order chi connectivity index (χ1) is 15.1. The number of hydrogen-bond donors (Lipinski definition) is 0. The number of aromatic nitrogens is 3. The predicted octanol–water partition coefficient (Wildman–Crippen LogP) is 3.22. The lowest BCUT2D eigenvalue weighted by Gasteiger charge is -2.39. The fourth-order valence-electron chi connectivity index (χ4n) is 4.99. The van der Waals surface area contributed by atoms with Crippen LogP contribution < -0.4 is 4.90 Å². The molecule has 0 radical (unpaired) electrons. The van der Waals surface area contributed by atoms with Crippen LogP contribution in [0.1, 0.15) is 64.2 Å². The summed E-state index contributed by atoms with van der Waals surface area (Å²) in [5.41, 5.74) is -0.653. The van der Waals surface area contributed by atoms with Gasteiger partial charge in [-0.15, -0.1) is 10.2 Å². The number of carbonyl (C=O) groups is 1. The predicted molar refractivity (Wildman–Crippen MR) is 120 cm³/mol. The van der Waals surface area contributed by atoms with Crippen LogP contribution in [0.4, 0.5) is 5.95 Å². The minimum atomic E-state index is -0.653. The van der Waals surface area contributed by atoms with Crippen molar-refractivity contribution < 1.29 is 9.53 Å². The molecule has 9 heteroatoms. The molecule has 1 aromatic rings. The number of nitrogens with zero attached hydrogens (tertiary/aromatic N) is 6. The van der Waals surface area contributed by atoms with Gasteiger partial charge in [-0.25, -0.2) is 0 Å². The highest BCUT2D eigenvalue weighted by Gasteiger charge is 2.38. The maximum absolute atomic E-state index is 13.0. The third kappa shape index (κ3) is 5.01. The van der Waals surface area contributed by atoms with Gasteiger partial charge in [-0.3, -0.25) is 9.36 Å². The molecule has 0 N–H and O–H groups in total. The van der Waals surface area contributed by atoms with E-state index < -0.39 is 5.54 Å². The highest BCUT2D eigenvalue weighted by atomic mass is 32.2. The van der Waals surface area contributed by atoms with E-state index in [-0.39, 0.29) is 17.8 Å². The van der Waals surface area contributed by atoms with Crippen LogP contribution in [-0.4, -0.2) is 69.7 Å². The SMILES string of the molecule is CN(C(=O)CSc1nnc(N2CCCCC2)n1CC1CCCO1)C1(C#N)CCCCC1. The van der Waals surface area contributed by atoms with Crippen molar-refractivity contribution in [2.45, 2.75) is 87.6 Å². The molecule has 0 aromatic carbocycles. The third-order valence-corrected chi connectivity index (χ3v) is 7.93. The summed E-state index contributed by atoms with van der Waals surface area (Å²) >= 11 is 1.43. The Morgan fingerprint density at radius 3 is 2.61 bits per heavy atom. The first kappa shape index (κ1) is 22.4. The van der Waals surface area contributed by atoms with Gasteiger partial charge in [-0.05, 0) is 44.9 Å². The first-order valence-electron chi connectivity index (χ1n) is 11.7. The van der Waals surface area contributed by atoms with Gasteiger partial charge in [-0.2, -0.15) is 5.26 Å². The van der Waals surface area contributed by atoms with Crippen molar-refractivity contribution in [3.05, 3.63) is 0 Å². The van der Waals surface area contributed by atoms with Gasteiger partial charge in [-0.1, -0.05) is 31.0 Å². The summed E-state index contributed by atoms with van der Waals surface area (Å²) in [5, 5.41) is 19.5. The van der Waals surface area contributed by atoms with Crippen molar-refractivity contribution in [1.29, 1.82) is 5.26 Å². The molecule has 1 aromatic heterocycles. The standard InChI is InChI=1S/C22H34N6O2S/c1-26(22(17-23)10-4-2-5-11-22)19(29)16-31-21-25-24-20(27-12-6-3-7-13-27)28(21)15-18-9-8-14-30-18/h18H,2-16H2,1H3. The van der Waals surface area contributed by atoms with Crippen molar-refractivity contribution in [2.24, 2.45) is 0 Å². The highest BCUT2D eigenvalue weighted by molar-refractivity contribution is 7.99. The van der Waals surface area contributed by atoms with Gasteiger partial charge < -0.3 is 14.5 Å². The van der Waals surface area contributed by atoms with E-state index in [0.717, 1.165) is 82.3 Å². The van der Waals surface area contributed by atoms with E-state index in [4.69, 9.17) is 4.74 Å². The van der Waals surface area contributed by atoms with Crippen molar-refractivity contribution >= 4 is 23.6 Å². The largest absolute Gasteiger partial charge is 0.376 e. The molecule has 1 saturated carbocycles. The molecule has 1 aliphatic carbocycles. The number of hydrogen-bond acceptors (Lipinski definition) is 7. The second kappa shape index (κ2) is 10.2. The maximum Gasteiger partial charge on any atom is 0.234 e. The minimum Gasteiger partial charge on any atom is -0.376 e. The first-order valence-corrected chi connectivity index (χ1v) is 12.7. The number of anilines is 1. The molecule has 8 nitrogen and oxygen atoms in total. The van der Waals surface area contributed by atoms with Crippen LogP contribution in [0.15, 0.2) is 5.16 Å². The van der Waals surface area contributed by atoms with E-state index >= 15 is 0 Å². The molecule has 3 fully saturated rings. The molecule has 4 rings (SSSR count). The van der Waals surface area contributed by atoms with Crippen LogP contribution in [-0.2, 0) is 16.1 Å². The summed E-state index contributed by atoms with van der Waals surface area (Å²) in [7, 11) is 1.79. The van der Waals surface area contributed by atoms with Gasteiger partial charge in [0.15, 0.2) is 5.16 Å². The van der Waals surface area contributed by atoms with Crippen LogP contribution in [0.5, 0.6) is 0 Å². The van der Waals surface area contributed by atoms with Crippen molar-refractivity contribution in [1.82, 2.24) is 19.7 Å². The zero-order chi connectivity index (χ0) is 21.7. The second-order valence-electron chi connectivity index (χ2n) is 9.02. The topological polar surface area (TPSA) is 87.3 Å². The van der Waals surface area contributed by atoms with Crippen molar-refractivity contribution in [2.75, 3.05) is 37.4 Å². The van der Waals surface area contributed by atoms with E-state index in [0.29, 0.717) is 0 Å².